The van der Waals surface area contributed by atoms with Gasteiger partial charge in [-0.3, -0.25) is 54.0 Å². The number of aliphatic hydroxyl groups excluding tert-OH is 8. The molecule has 812 valence electrons. The van der Waals surface area contributed by atoms with E-state index >= 15 is 13.6 Å². The van der Waals surface area contributed by atoms with Crippen LogP contribution in [0.1, 0.15) is 173 Å². The van der Waals surface area contributed by atoms with Gasteiger partial charge in [0, 0.05) is 91.8 Å². The van der Waals surface area contributed by atoms with Gasteiger partial charge in [0.1, 0.15) is 86.1 Å². The van der Waals surface area contributed by atoms with Gasteiger partial charge >= 0.3 is 6.03 Å². The number of nitrogens with zero attached hydrogens (tertiary/aromatic N) is 2. The molecule has 3 saturated carbocycles. The summed E-state index contributed by atoms with van der Waals surface area (Å²) in [5.41, 5.74) is 12.9. The van der Waals surface area contributed by atoms with E-state index in [9.17, 15) is 84.0 Å². The molecule has 5 aliphatic carbocycles. The Bertz CT molecular complexity index is 5160. The maximum Gasteiger partial charge on any atom is 0.312 e. The van der Waals surface area contributed by atoms with Crippen LogP contribution in [0, 0.1) is 34.5 Å². The Balaban J connectivity index is 0.586. The standard InChI is InChI=1S/C102H146F2N14O29/c1-7-18-83-145-78-50-65-66-49-68(103)67-48-61(121)33-35-99(67,4)101(66,104)76(123)51-100(65,5)102(78,147-83)77(124)55-141-62-29-27-60(28-30-62)111-94(134)58(20-17-37-110-98(105)136)47-72(122)84(57(2)3)113-95(135)69(23-15-16-36-108-81(127)56-142-73-26-10-8-9-25-71-87(73)115-116-118(71)96-91(132)90(131)93(75(54-120)143-96)146-97-92(133)89(130)88(129)74(53-119)144-97)112-80(126)34-39-137-41-43-139-45-46-140-44-42-138-40-38-109-79(125)31-32-82(128)117-52-59-19-11-12-21-63(59)85(107-6)86(114-106)64-22-13-14-24-70(64)117/h11-14,19,21-22,24,27-30,33,35,48,57-58,65-66,68-69,73-76,78,83-84,88-93,96-97,107,114-116,119-120,123,129-133H,7-10,15-18,20,23,25-26,31-32,34,36-47,49-56,106H2,1-6H3,(H,108,127)(H,109,125)(H,111,134)(H,112,126)(H,113,135)(H3,105,110,136)/b86-85-/t58-,65+,66+,68+,69-,73?,74-,75-,76+,78-,83?,84+,88-,89+,90-,91-,92-,93-,96+,97-,99+,100+,101+,102-/m1/s1. The first-order valence-corrected chi connectivity index (χ1v) is 51.1. The minimum Gasteiger partial charge on any atom is -0.486 e. The minimum atomic E-state index is -2.42. The van der Waals surface area contributed by atoms with Crippen LogP contribution in [0.3, 0.4) is 0 Å². The first-order chi connectivity index (χ1) is 70.6. The van der Waals surface area contributed by atoms with Crippen molar-refractivity contribution in [3.63, 3.8) is 0 Å². The number of aliphatic hydroxyl groups is 8. The number of anilines is 2. The largest absolute Gasteiger partial charge is 0.486 e. The van der Waals surface area contributed by atoms with Crippen LogP contribution >= 0.6 is 0 Å². The number of nitrogens with two attached hydrogens (primary N) is 2. The summed E-state index contributed by atoms with van der Waals surface area (Å²) in [6, 6.07) is 17.9. The summed E-state index contributed by atoms with van der Waals surface area (Å²) in [5.74, 6) is -1.76. The number of para-hydroxylation sites is 1. The second kappa shape index (κ2) is 52.5. The highest BCUT2D eigenvalue weighted by molar-refractivity contribution is 6.03. The molecule has 43 nitrogen and oxygen atoms in total. The Morgan fingerprint density at radius 3 is 2.08 bits per heavy atom. The maximum absolute atomic E-state index is 18.2. The molecule has 147 heavy (non-hydrogen) atoms. The fraction of sp³-hybridized carbons (Fsp3) is 0.647. The average molecular weight is 2070 g/mol. The van der Waals surface area contributed by atoms with Gasteiger partial charge in [-0.05, 0) is 149 Å². The van der Waals surface area contributed by atoms with Crippen LogP contribution in [-0.4, -0.2) is 326 Å². The Morgan fingerprint density at radius 1 is 0.687 bits per heavy atom. The maximum atomic E-state index is 18.2. The van der Waals surface area contributed by atoms with Gasteiger partial charge in [0.15, 0.2) is 41.6 Å². The molecule has 3 saturated heterocycles. The fourth-order valence-corrected chi connectivity index (χ4v) is 22.2. The number of nitrogens with one attached hydrogen (secondary N) is 10. The number of carbonyl (C=O) groups is 10. The Labute approximate surface area is 852 Å². The molecule has 3 aromatic carbocycles. The van der Waals surface area contributed by atoms with Crippen molar-refractivity contribution < 1.29 is 150 Å². The lowest BCUT2D eigenvalue weighted by Gasteiger charge is -2.63. The SMILES string of the molecule is CCCC1O[C@@H]2C[C@H]3[C@@H]4C[C@H](F)C5=CC(=O)C=C[C@]5(C)[C@@]4(F)[C@@H](O)C[C@]3(C)[C@]2(C(=O)COc2ccc(NC(=O)[C@H](CCCNC(N)=O)CC(=O)[C@@H](NC(=O)[C@@H](CCCCNC(=O)COC3CCCCCC4=C3NNN4[C@H]3O[C@H](CO)[C@@H](O[C@H]4O[C@H](CO)[C@@H](O)[C@H](O)[C@H]4O)[C@H](O)[C@H]3O)NC(=O)CCOCCOCCOCCOCCNC(=O)CCC(=O)N3Cc4ccccc4/C(NC)=C(/NN)c4ccccc43)C(C)C)cc2)O1. The smallest absolute Gasteiger partial charge is 0.312 e. The number of hydrogen-bond donors (Lipinski definition) is 20. The number of fused-ring (bicyclic) bond motifs is 9. The number of amides is 8. The third-order valence-electron chi connectivity index (χ3n) is 29.9. The summed E-state index contributed by atoms with van der Waals surface area (Å²) in [6.45, 7) is 7.85. The van der Waals surface area contributed by atoms with Crippen molar-refractivity contribution in [2.75, 3.05) is 116 Å². The number of Topliss-reactive ketones (excluding diaryl/α,β-unsaturated/α-hetero) is 2. The Kier molecular flexibility index (Phi) is 40.7. The van der Waals surface area contributed by atoms with Crippen LogP contribution in [0.25, 0.3) is 11.4 Å². The highest BCUT2D eigenvalue weighted by Crippen LogP contribution is 2.72. The van der Waals surface area contributed by atoms with Crippen molar-refractivity contribution in [2.24, 2.45) is 46.1 Å². The zero-order valence-corrected chi connectivity index (χ0v) is 84.0. The van der Waals surface area contributed by atoms with Crippen molar-refractivity contribution >= 4 is 81.6 Å². The predicted molar refractivity (Wildman–Crippen MR) is 524 cm³/mol. The molecule has 0 bridgehead atoms. The van der Waals surface area contributed by atoms with E-state index in [2.05, 4.69) is 53.6 Å². The molecule has 6 fully saturated rings. The summed E-state index contributed by atoms with van der Waals surface area (Å²) in [4.78, 5) is 140. The average Bonchev–Trinajstić information content (AvgIpc) is 1.47. The zero-order chi connectivity index (χ0) is 106. The van der Waals surface area contributed by atoms with E-state index in [1.165, 1.54) is 48.4 Å². The molecule has 2 unspecified atom stereocenters. The number of urea groups is 1. The molecule has 8 amide bonds. The Hall–Kier alpha value is -10.2. The fourth-order valence-electron chi connectivity index (χ4n) is 22.2. The third-order valence-corrected chi connectivity index (χ3v) is 29.9. The van der Waals surface area contributed by atoms with Crippen molar-refractivity contribution in [1.29, 1.82) is 0 Å². The number of halogens is 2. The first kappa shape index (κ1) is 114. The minimum absolute atomic E-state index is 0.00537. The molecule has 5 heterocycles. The van der Waals surface area contributed by atoms with E-state index in [4.69, 9.17) is 63.7 Å². The van der Waals surface area contributed by atoms with E-state index in [1.807, 2.05) is 55.5 Å². The number of benzene rings is 3. The van der Waals surface area contributed by atoms with Gasteiger partial charge < -0.3 is 152 Å². The van der Waals surface area contributed by atoms with Gasteiger partial charge in [-0.15, -0.1) is 5.53 Å². The molecule has 45 heteroatoms. The first-order valence-electron chi connectivity index (χ1n) is 51.1. The molecule has 24 atom stereocenters. The van der Waals surface area contributed by atoms with Crippen LogP contribution in [-0.2, 0) is 97.1 Å². The van der Waals surface area contributed by atoms with E-state index < -0.39 is 230 Å². The molecule has 0 aromatic heterocycles. The summed E-state index contributed by atoms with van der Waals surface area (Å²) in [6.07, 6.45) is -15.0. The molecule has 22 N–H and O–H groups in total. The molecular formula is C102H146F2N14O29. The van der Waals surface area contributed by atoms with E-state index in [0.717, 1.165) is 34.9 Å². The normalized spacial score (nSPS) is 30.3. The van der Waals surface area contributed by atoms with E-state index in [-0.39, 0.29) is 178 Å². The molecule has 13 rings (SSSR count). The van der Waals surface area contributed by atoms with Crippen molar-refractivity contribution in [3.8, 4) is 5.75 Å². The number of rotatable bonds is 52. The molecule has 0 radical (unpaired) electrons. The molecular weight excluding hydrogens is 1920 g/mol. The number of allylic oxidation sites excluding steroid dienone is 5. The summed E-state index contributed by atoms with van der Waals surface area (Å²) in [7, 11) is 1.81. The van der Waals surface area contributed by atoms with Crippen LogP contribution in [0.15, 0.2) is 108 Å². The lowest BCUT2D eigenvalue weighted by atomic mass is 9.44. The van der Waals surface area contributed by atoms with Gasteiger partial charge in [0.05, 0.1) is 119 Å². The lowest BCUT2D eigenvalue weighted by molar-refractivity contribution is -0.349. The quantitative estimate of drug-likeness (QED) is 0.0217. The van der Waals surface area contributed by atoms with Crippen LogP contribution in [0.4, 0.5) is 25.0 Å². The molecule has 5 aliphatic heterocycles. The summed E-state index contributed by atoms with van der Waals surface area (Å²) in [5, 5.41) is 108. The zero-order valence-electron chi connectivity index (χ0n) is 84.0. The van der Waals surface area contributed by atoms with Gasteiger partial charge in [-0.2, -0.15) is 0 Å². The summed E-state index contributed by atoms with van der Waals surface area (Å²) < 4.78 is 100. The third kappa shape index (κ3) is 26.3. The number of ether oxygens (including phenoxy) is 11. The monoisotopic (exact) mass is 2070 g/mol. The second-order valence-corrected chi connectivity index (χ2v) is 39.8. The molecule has 10 aliphatic rings. The number of primary amides is 1. The second-order valence-electron chi connectivity index (χ2n) is 39.8. The molecule has 0 spiro atoms. The highest BCUT2D eigenvalue weighted by Gasteiger charge is 2.80. The number of hydrazine groups is 3. The highest BCUT2D eigenvalue weighted by atomic mass is 19.1. The predicted octanol–water partition coefficient (Wildman–Crippen LogP) is 1.64. The molecule has 3 aromatic rings. The van der Waals surface area contributed by atoms with Crippen molar-refractivity contribution in [3.05, 3.63) is 125 Å². The van der Waals surface area contributed by atoms with Gasteiger partial charge in [-0.25, -0.2) is 13.6 Å². The summed E-state index contributed by atoms with van der Waals surface area (Å²) >= 11 is 0. The van der Waals surface area contributed by atoms with Gasteiger partial charge in [0.25, 0.3) is 0 Å². The Morgan fingerprint density at radius 2 is 1.38 bits per heavy atom. The van der Waals surface area contributed by atoms with Crippen LogP contribution in [0.2, 0.25) is 0 Å². The number of carbonyl (C=O) groups excluding carboxylic acids is 10. The van der Waals surface area contributed by atoms with Crippen molar-refractivity contribution in [1.82, 2.24) is 53.3 Å². The van der Waals surface area contributed by atoms with Crippen molar-refractivity contribution in [2.45, 2.75) is 279 Å². The number of hydrogen-bond acceptors (Lipinski definition) is 35. The van der Waals surface area contributed by atoms with Crippen LogP contribution in [0.5, 0.6) is 5.75 Å². The number of unbranched alkanes of at least 4 members (excludes halogenated alkanes) is 1. The lowest BCUT2D eigenvalue weighted by Crippen LogP contribution is -2.71. The van der Waals surface area contributed by atoms with Gasteiger partial charge in [0.2, 0.25) is 41.2 Å². The van der Waals surface area contributed by atoms with E-state index in [0.29, 0.717) is 61.3 Å². The van der Waals surface area contributed by atoms with Gasteiger partial charge in [-0.1, -0.05) is 95.5 Å². The number of ketones is 3. The number of alkyl halides is 2. The van der Waals surface area contributed by atoms with Crippen LogP contribution < -0.4 is 74.8 Å². The topological polar surface area (TPSA) is 613 Å². The van der Waals surface area contributed by atoms with E-state index in [1.54, 1.807) is 32.7 Å².